The Bertz CT molecular complexity index is 1350. The van der Waals surface area contributed by atoms with E-state index in [1.54, 1.807) is 0 Å². The van der Waals surface area contributed by atoms with Crippen LogP contribution in [0.25, 0.3) is 33.3 Å². The van der Waals surface area contributed by atoms with Gasteiger partial charge in [-0.3, -0.25) is 9.88 Å². The predicted molar refractivity (Wildman–Crippen MR) is 145 cm³/mol. The molecule has 188 valence electrons. The number of imidazole rings is 1. The summed E-state index contributed by atoms with van der Waals surface area (Å²) in [6.07, 6.45) is 2.94. The van der Waals surface area contributed by atoms with Crippen molar-refractivity contribution in [3.8, 4) is 11.4 Å². The van der Waals surface area contributed by atoms with E-state index >= 15 is 0 Å². The quantitative estimate of drug-likeness (QED) is 0.360. The van der Waals surface area contributed by atoms with Gasteiger partial charge in [0.15, 0.2) is 0 Å². The number of rotatable bonds is 7. The lowest BCUT2D eigenvalue weighted by Crippen LogP contribution is -2.37. The Kier molecular flexibility index (Phi) is 6.92. The third-order valence-electron chi connectivity index (χ3n) is 6.98. The molecule has 9 heteroatoms. The highest BCUT2D eigenvalue weighted by molar-refractivity contribution is 6.31. The number of pyridine rings is 1. The molecule has 2 aromatic carbocycles. The molecule has 2 N–H and O–H groups in total. The van der Waals surface area contributed by atoms with E-state index in [1.807, 2.05) is 24.4 Å². The summed E-state index contributed by atoms with van der Waals surface area (Å²) in [5, 5.41) is 5.38. The summed E-state index contributed by atoms with van der Waals surface area (Å²) in [4.78, 5) is 18.0. The van der Waals surface area contributed by atoms with Crippen LogP contribution < -0.4 is 10.2 Å². The van der Waals surface area contributed by atoms with E-state index < -0.39 is 0 Å². The molecule has 36 heavy (non-hydrogen) atoms. The molecule has 0 radical (unpaired) electrons. The van der Waals surface area contributed by atoms with Gasteiger partial charge in [0.2, 0.25) is 0 Å². The highest BCUT2D eigenvalue weighted by Crippen LogP contribution is 2.35. The van der Waals surface area contributed by atoms with Crippen LogP contribution in [0.2, 0.25) is 5.02 Å². The molecule has 6 rings (SSSR count). The lowest BCUT2D eigenvalue weighted by atomic mass is 10.1. The molecule has 2 aromatic heterocycles. The van der Waals surface area contributed by atoms with Crippen LogP contribution in [-0.2, 0) is 9.47 Å². The molecule has 0 aliphatic carbocycles. The van der Waals surface area contributed by atoms with E-state index in [0.717, 1.165) is 111 Å². The monoisotopic (exact) mass is 506 g/mol. The Morgan fingerprint density at radius 2 is 1.72 bits per heavy atom. The zero-order valence-corrected chi connectivity index (χ0v) is 21.1. The van der Waals surface area contributed by atoms with Gasteiger partial charge >= 0.3 is 0 Å². The molecule has 4 heterocycles. The maximum absolute atomic E-state index is 6.40. The molecule has 0 unspecified atom stereocenters. The van der Waals surface area contributed by atoms with E-state index in [1.165, 1.54) is 5.69 Å². The molecular formula is C27H31ClN6O2. The van der Waals surface area contributed by atoms with Gasteiger partial charge in [0.1, 0.15) is 5.82 Å². The summed E-state index contributed by atoms with van der Waals surface area (Å²) < 4.78 is 11.0. The van der Waals surface area contributed by atoms with Crippen LogP contribution in [0.15, 0.2) is 42.6 Å². The fourth-order valence-electron chi connectivity index (χ4n) is 5.02. The second kappa shape index (κ2) is 10.6. The minimum absolute atomic E-state index is 0.692. The van der Waals surface area contributed by atoms with Gasteiger partial charge in [-0.05, 0) is 49.4 Å². The fourth-order valence-corrected chi connectivity index (χ4v) is 5.19. The molecule has 2 aliphatic rings. The maximum Gasteiger partial charge on any atom is 0.142 e. The average Bonchev–Trinajstić information content (AvgIpc) is 3.35. The number of aromatic nitrogens is 3. The topological polar surface area (TPSA) is 78.5 Å². The van der Waals surface area contributed by atoms with Crippen molar-refractivity contribution < 1.29 is 9.47 Å². The first-order chi connectivity index (χ1) is 17.7. The Morgan fingerprint density at radius 1 is 0.944 bits per heavy atom. The minimum atomic E-state index is 0.692. The van der Waals surface area contributed by atoms with Gasteiger partial charge in [0.25, 0.3) is 0 Å². The van der Waals surface area contributed by atoms with E-state index in [-0.39, 0.29) is 0 Å². The SMILES string of the molecule is Clc1ccc2ncc(-c3nc4ccc(N5CCOCC5)cc4[nH]3)c(NCCCN3CCOCC3)c2c1. The first kappa shape index (κ1) is 23.5. The normalized spacial score (nSPS) is 17.2. The van der Waals surface area contributed by atoms with Crippen molar-refractivity contribution in [3.63, 3.8) is 0 Å². The van der Waals surface area contributed by atoms with E-state index in [9.17, 15) is 0 Å². The van der Waals surface area contributed by atoms with Crippen molar-refractivity contribution in [2.24, 2.45) is 0 Å². The van der Waals surface area contributed by atoms with E-state index in [0.29, 0.717) is 5.02 Å². The zero-order valence-electron chi connectivity index (χ0n) is 20.3. The van der Waals surface area contributed by atoms with E-state index in [4.69, 9.17) is 31.0 Å². The van der Waals surface area contributed by atoms with Crippen LogP contribution in [-0.4, -0.2) is 85.5 Å². The van der Waals surface area contributed by atoms with Crippen molar-refractivity contribution in [2.45, 2.75) is 6.42 Å². The van der Waals surface area contributed by atoms with Crippen LogP contribution >= 0.6 is 11.6 Å². The van der Waals surface area contributed by atoms with Gasteiger partial charge in [-0.15, -0.1) is 0 Å². The molecule has 0 amide bonds. The number of hydrogen-bond donors (Lipinski definition) is 2. The number of nitrogens with one attached hydrogen (secondary N) is 2. The highest BCUT2D eigenvalue weighted by Gasteiger charge is 2.17. The third kappa shape index (κ3) is 4.99. The number of fused-ring (bicyclic) bond motifs is 2. The number of nitrogens with zero attached hydrogens (tertiary/aromatic N) is 4. The molecule has 0 bridgehead atoms. The molecule has 8 nitrogen and oxygen atoms in total. The first-order valence-corrected chi connectivity index (χ1v) is 13.1. The van der Waals surface area contributed by atoms with Gasteiger partial charge in [0.05, 0.1) is 54.2 Å². The summed E-state index contributed by atoms with van der Waals surface area (Å²) in [5.41, 5.74) is 6.00. The van der Waals surface area contributed by atoms with Crippen LogP contribution in [0.4, 0.5) is 11.4 Å². The number of ether oxygens (including phenoxy) is 2. The average molecular weight is 507 g/mol. The molecule has 0 spiro atoms. The smallest absolute Gasteiger partial charge is 0.142 e. The van der Waals surface area contributed by atoms with Crippen LogP contribution in [0.5, 0.6) is 0 Å². The molecule has 0 saturated carbocycles. The number of H-pyrrole nitrogens is 1. The molecule has 2 fully saturated rings. The van der Waals surface area contributed by atoms with Gasteiger partial charge in [-0.1, -0.05) is 11.6 Å². The largest absolute Gasteiger partial charge is 0.384 e. The standard InChI is InChI=1S/C27H31ClN6O2/c28-19-2-4-23-21(16-19)26(29-6-1-7-33-8-12-35-13-9-33)22(18-30-23)27-31-24-5-3-20(17-25(24)32-27)34-10-14-36-15-11-34/h2-5,16-18H,1,6-15H2,(H,29,30)(H,31,32). The predicted octanol–water partition coefficient (Wildman–Crippen LogP) is 4.40. The summed E-state index contributed by atoms with van der Waals surface area (Å²) in [6.45, 7) is 8.88. The number of hydrogen-bond acceptors (Lipinski definition) is 7. The summed E-state index contributed by atoms with van der Waals surface area (Å²) in [7, 11) is 0. The minimum Gasteiger partial charge on any atom is -0.384 e. The second-order valence-corrected chi connectivity index (χ2v) is 9.77. The second-order valence-electron chi connectivity index (χ2n) is 9.33. The summed E-state index contributed by atoms with van der Waals surface area (Å²) in [5.74, 6) is 0.800. The van der Waals surface area contributed by atoms with Gasteiger partial charge in [0, 0.05) is 55.0 Å². The summed E-state index contributed by atoms with van der Waals surface area (Å²) in [6, 6.07) is 12.2. The number of aromatic amines is 1. The Labute approximate surface area is 215 Å². The molecule has 4 aromatic rings. The van der Waals surface area contributed by atoms with Crippen molar-refractivity contribution >= 4 is 44.9 Å². The summed E-state index contributed by atoms with van der Waals surface area (Å²) >= 11 is 6.40. The maximum atomic E-state index is 6.40. The fraction of sp³-hybridized carbons (Fsp3) is 0.407. The van der Waals surface area contributed by atoms with Crippen molar-refractivity contribution in [2.75, 3.05) is 75.9 Å². The molecular weight excluding hydrogens is 476 g/mol. The Hall–Kier alpha value is -2.91. The molecule has 0 atom stereocenters. The Morgan fingerprint density at radius 3 is 2.56 bits per heavy atom. The number of benzene rings is 2. The van der Waals surface area contributed by atoms with Crippen LogP contribution in [0, 0.1) is 0 Å². The highest BCUT2D eigenvalue weighted by atomic mass is 35.5. The molecule has 2 aliphatic heterocycles. The molecule has 2 saturated heterocycles. The number of halogens is 1. The lowest BCUT2D eigenvalue weighted by Gasteiger charge is -2.28. The van der Waals surface area contributed by atoms with Gasteiger partial charge in [-0.25, -0.2) is 4.98 Å². The zero-order chi connectivity index (χ0) is 24.3. The third-order valence-corrected chi connectivity index (χ3v) is 7.22. The van der Waals surface area contributed by atoms with Crippen molar-refractivity contribution in [1.29, 1.82) is 0 Å². The van der Waals surface area contributed by atoms with E-state index in [2.05, 4.69) is 38.3 Å². The Balaban J connectivity index is 1.30. The number of morpholine rings is 2. The van der Waals surface area contributed by atoms with Gasteiger partial charge < -0.3 is 24.7 Å². The van der Waals surface area contributed by atoms with Crippen molar-refractivity contribution in [1.82, 2.24) is 19.9 Å². The first-order valence-electron chi connectivity index (χ1n) is 12.7. The van der Waals surface area contributed by atoms with Crippen molar-refractivity contribution in [3.05, 3.63) is 47.6 Å². The lowest BCUT2D eigenvalue weighted by molar-refractivity contribution is 0.0378. The van der Waals surface area contributed by atoms with Crippen LogP contribution in [0.1, 0.15) is 6.42 Å². The number of anilines is 2. The van der Waals surface area contributed by atoms with Gasteiger partial charge in [-0.2, -0.15) is 0 Å². The van der Waals surface area contributed by atoms with Crippen LogP contribution in [0.3, 0.4) is 0 Å².